The van der Waals surface area contributed by atoms with Gasteiger partial charge in [-0.2, -0.15) is 9.40 Å². The molecule has 1 N–H and O–H groups in total. The Balaban J connectivity index is 1.81. The summed E-state index contributed by atoms with van der Waals surface area (Å²) in [5.41, 5.74) is 4.61. The maximum atomic E-state index is 13.1. The molecule has 126 valence electrons. The lowest BCUT2D eigenvalue weighted by atomic mass is 10.1. The van der Waals surface area contributed by atoms with Crippen molar-refractivity contribution in [2.24, 2.45) is 7.05 Å². The summed E-state index contributed by atoms with van der Waals surface area (Å²) in [4.78, 5) is 0.311. The van der Waals surface area contributed by atoms with Crippen molar-refractivity contribution in [3.63, 3.8) is 0 Å². The molecule has 7 heteroatoms. The molecule has 0 spiro atoms. The van der Waals surface area contributed by atoms with Crippen LogP contribution in [0.25, 0.3) is 10.9 Å². The molecule has 4 rings (SSSR count). The van der Waals surface area contributed by atoms with E-state index in [4.69, 9.17) is 0 Å². The summed E-state index contributed by atoms with van der Waals surface area (Å²) in [6.45, 7) is 4.37. The molecule has 6 nitrogen and oxygen atoms in total. The van der Waals surface area contributed by atoms with Gasteiger partial charge >= 0.3 is 0 Å². The lowest BCUT2D eigenvalue weighted by Gasteiger charge is -2.27. The molecular formula is C17H20N4O2S. The second kappa shape index (κ2) is 5.19. The largest absolute Gasteiger partial charge is 0.347 e. The van der Waals surface area contributed by atoms with E-state index in [-0.39, 0.29) is 0 Å². The zero-order chi connectivity index (χ0) is 17.1. The van der Waals surface area contributed by atoms with Gasteiger partial charge in [0.2, 0.25) is 10.0 Å². The van der Waals surface area contributed by atoms with E-state index in [9.17, 15) is 8.42 Å². The first-order chi connectivity index (χ1) is 11.4. The SMILES string of the molecule is Cc1n[nH]c(C)c1S(=O)(=O)N1CCc2c(c3ccccc3n2C)C1. The number of aryl methyl sites for hydroxylation is 3. The highest BCUT2D eigenvalue weighted by atomic mass is 32.2. The minimum absolute atomic E-state index is 0.311. The number of hydrogen-bond donors (Lipinski definition) is 1. The molecular weight excluding hydrogens is 324 g/mol. The van der Waals surface area contributed by atoms with Crippen molar-refractivity contribution < 1.29 is 8.42 Å². The zero-order valence-electron chi connectivity index (χ0n) is 14.0. The molecule has 0 radical (unpaired) electrons. The van der Waals surface area contributed by atoms with Crippen molar-refractivity contribution in [2.45, 2.75) is 31.7 Å². The first-order valence-corrected chi connectivity index (χ1v) is 9.42. The Bertz CT molecular complexity index is 1030. The van der Waals surface area contributed by atoms with E-state index in [1.807, 2.05) is 12.1 Å². The molecule has 3 aromatic rings. The zero-order valence-corrected chi connectivity index (χ0v) is 14.8. The number of sulfonamides is 1. The average Bonchev–Trinajstić information content (AvgIpc) is 3.06. The highest BCUT2D eigenvalue weighted by molar-refractivity contribution is 7.89. The van der Waals surface area contributed by atoms with Gasteiger partial charge in [0, 0.05) is 43.2 Å². The number of H-pyrrole nitrogens is 1. The fourth-order valence-corrected chi connectivity index (χ4v) is 5.50. The Labute approximate surface area is 141 Å². The Morgan fingerprint density at radius 2 is 1.96 bits per heavy atom. The number of aromatic nitrogens is 3. The van der Waals surface area contributed by atoms with E-state index in [1.165, 1.54) is 5.69 Å². The van der Waals surface area contributed by atoms with Crippen LogP contribution in [0.4, 0.5) is 0 Å². The summed E-state index contributed by atoms with van der Waals surface area (Å²) < 4.78 is 30.0. The number of nitrogens with zero attached hydrogens (tertiary/aromatic N) is 3. The highest BCUT2D eigenvalue weighted by Gasteiger charge is 2.34. The standard InChI is InChI=1S/C17H20N4O2S/c1-11-17(12(2)19-18-11)24(22,23)21-9-8-16-14(10-21)13-6-4-5-7-15(13)20(16)3/h4-7H,8-10H2,1-3H3,(H,18,19). The molecule has 1 aromatic carbocycles. The van der Waals surface area contributed by atoms with Crippen molar-refractivity contribution in [3.05, 3.63) is 46.9 Å². The molecule has 1 aliphatic rings. The maximum Gasteiger partial charge on any atom is 0.247 e. The number of rotatable bonds is 2. The van der Waals surface area contributed by atoms with Crippen LogP contribution in [0.15, 0.2) is 29.2 Å². The minimum Gasteiger partial charge on any atom is -0.347 e. The predicted molar refractivity (Wildman–Crippen MR) is 92.3 cm³/mol. The fourth-order valence-electron chi connectivity index (χ4n) is 3.76. The third-order valence-corrected chi connectivity index (χ3v) is 7.04. The quantitative estimate of drug-likeness (QED) is 0.775. The molecule has 24 heavy (non-hydrogen) atoms. The second-order valence-electron chi connectivity index (χ2n) is 6.35. The van der Waals surface area contributed by atoms with Crippen LogP contribution >= 0.6 is 0 Å². The summed E-state index contributed by atoms with van der Waals surface area (Å²) in [7, 11) is -1.50. The molecule has 0 unspecified atom stereocenters. The Morgan fingerprint density at radius 3 is 2.67 bits per heavy atom. The number of hydrogen-bond acceptors (Lipinski definition) is 3. The monoisotopic (exact) mass is 344 g/mol. The van der Waals surface area contributed by atoms with Gasteiger partial charge in [-0.25, -0.2) is 8.42 Å². The van der Waals surface area contributed by atoms with Gasteiger partial charge in [0.25, 0.3) is 0 Å². The molecule has 0 amide bonds. The van der Waals surface area contributed by atoms with Crippen LogP contribution in [0.3, 0.4) is 0 Å². The van der Waals surface area contributed by atoms with Crippen LogP contribution in [0.1, 0.15) is 22.6 Å². The second-order valence-corrected chi connectivity index (χ2v) is 8.23. The number of aromatic amines is 1. The third kappa shape index (κ3) is 2.04. The minimum atomic E-state index is -3.55. The number of nitrogens with one attached hydrogen (secondary N) is 1. The first-order valence-electron chi connectivity index (χ1n) is 7.98. The van der Waals surface area contributed by atoms with Gasteiger partial charge in [-0.1, -0.05) is 18.2 Å². The van der Waals surface area contributed by atoms with Gasteiger partial charge in [0.15, 0.2) is 0 Å². The Morgan fingerprint density at radius 1 is 1.21 bits per heavy atom. The molecule has 0 saturated heterocycles. The summed E-state index contributed by atoms with van der Waals surface area (Å²) in [5, 5.41) is 7.95. The van der Waals surface area contributed by atoms with E-state index in [2.05, 4.69) is 33.9 Å². The molecule has 0 atom stereocenters. The fraction of sp³-hybridized carbons (Fsp3) is 0.353. The Hall–Kier alpha value is -2.12. The molecule has 3 heterocycles. The normalized spacial score (nSPS) is 15.8. The van der Waals surface area contributed by atoms with Gasteiger partial charge in [-0.05, 0) is 25.5 Å². The third-order valence-electron chi connectivity index (χ3n) is 4.93. The van der Waals surface area contributed by atoms with E-state index in [0.717, 1.165) is 22.9 Å². The first kappa shape index (κ1) is 15.4. The smallest absolute Gasteiger partial charge is 0.247 e. The number of benzene rings is 1. The summed E-state index contributed by atoms with van der Waals surface area (Å²) in [6, 6.07) is 8.16. The van der Waals surface area contributed by atoms with Gasteiger partial charge in [-0.3, -0.25) is 5.10 Å². The van der Waals surface area contributed by atoms with E-state index >= 15 is 0 Å². The van der Waals surface area contributed by atoms with Crippen molar-refractivity contribution in [1.29, 1.82) is 0 Å². The van der Waals surface area contributed by atoms with E-state index in [1.54, 1.807) is 18.2 Å². The molecule has 0 fully saturated rings. The maximum absolute atomic E-state index is 13.1. The van der Waals surface area contributed by atoms with Gasteiger partial charge in [0.1, 0.15) is 4.90 Å². The van der Waals surface area contributed by atoms with Crippen LogP contribution in [-0.2, 0) is 30.0 Å². The van der Waals surface area contributed by atoms with Crippen LogP contribution < -0.4 is 0 Å². The van der Waals surface area contributed by atoms with E-state index < -0.39 is 10.0 Å². The van der Waals surface area contributed by atoms with Crippen LogP contribution in [0.5, 0.6) is 0 Å². The van der Waals surface area contributed by atoms with Crippen molar-refractivity contribution >= 4 is 20.9 Å². The van der Waals surface area contributed by atoms with Crippen LogP contribution in [0.2, 0.25) is 0 Å². The van der Waals surface area contributed by atoms with Gasteiger partial charge < -0.3 is 4.57 Å². The summed E-state index contributed by atoms with van der Waals surface area (Å²) >= 11 is 0. The molecule has 1 aliphatic heterocycles. The van der Waals surface area contributed by atoms with Crippen molar-refractivity contribution in [2.75, 3.05) is 6.54 Å². The van der Waals surface area contributed by atoms with Crippen LogP contribution in [0, 0.1) is 13.8 Å². The van der Waals surface area contributed by atoms with Crippen molar-refractivity contribution in [3.8, 4) is 0 Å². The molecule has 0 bridgehead atoms. The summed E-state index contributed by atoms with van der Waals surface area (Å²) in [5.74, 6) is 0. The lowest BCUT2D eigenvalue weighted by molar-refractivity contribution is 0.387. The topological polar surface area (TPSA) is 71.0 Å². The van der Waals surface area contributed by atoms with E-state index in [0.29, 0.717) is 29.4 Å². The van der Waals surface area contributed by atoms with Gasteiger partial charge in [-0.15, -0.1) is 0 Å². The molecule has 2 aromatic heterocycles. The van der Waals surface area contributed by atoms with Crippen LogP contribution in [-0.4, -0.2) is 34.0 Å². The lowest BCUT2D eigenvalue weighted by Crippen LogP contribution is -2.36. The average molecular weight is 344 g/mol. The molecule has 0 aliphatic carbocycles. The number of para-hydroxylation sites is 1. The Kier molecular flexibility index (Phi) is 3.33. The number of fused-ring (bicyclic) bond motifs is 3. The van der Waals surface area contributed by atoms with Gasteiger partial charge in [0.05, 0.1) is 11.4 Å². The molecule has 0 saturated carbocycles. The van der Waals surface area contributed by atoms with Crippen molar-refractivity contribution in [1.82, 2.24) is 19.1 Å². The highest BCUT2D eigenvalue weighted by Crippen LogP contribution is 2.33. The summed E-state index contributed by atoms with van der Waals surface area (Å²) in [6.07, 6.45) is 0.718. The predicted octanol–water partition coefficient (Wildman–Crippen LogP) is 2.27.